The molecule has 2 atom stereocenters. The minimum atomic E-state index is 0.227. The zero-order valence-corrected chi connectivity index (χ0v) is 11.1. The molecule has 1 aromatic carbocycles. The number of nitrogens with one attached hydrogen (secondary N) is 1. The third-order valence-corrected chi connectivity index (χ3v) is 3.57. The summed E-state index contributed by atoms with van der Waals surface area (Å²) >= 11 is 0. The van der Waals surface area contributed by atoms with E-state index in [4.69, 9.17) is 15.2 Å². The number of methoxy groups -OCH3 is 2. The van der Waals surface area contributed by atoms with Crippen LogP contribution in [0.2, 0.25) is 0 Å². The smallest absolute Gasteiger partial charge is 0.145 e. The van der Waals surface area contributed by atoms with Gasteiger partial charge in [0, 0.05) is 18.2 Å². The maximum atomic E-state index is 6.15. The minimum Gasteiger partial charge on any atom is -0.497 e. The van der Waals surface area contributed by atoms with Crippen molar-refractivity contribution in [2.75, 3.05) is 19.5 Å². The predicted octanol–water partition coefficient (Wildman–Crippen LogP) is 2.39. The van der Waals surface area contributed by atoms with Crippen molar-refractivity contribution in [1.82, 2.24) is 0 Å². The molecule has 4 nitrogen and oxygen atoms in total. The zero-order chi connectivity index (χ0) is 13.0. The Balaban J connectivity index is 2.12. The molecule has 0 amide bonds. The molecular weight excluding hydrogens is 228 g/mol. The molecule has 0 unspecified atom stereocenters. The highest BCUT2D eigenvalue weighted by Crippen LogP contribution is 2.31. The van der Waals surface area contributed by atoms with Gasteiger partial charge in [-0.2, -0.15) is 0 Å². The Bertz CT molecular complexity index is 395. The van der Waals surface area contributed by atoms with E-state index in [-0.39, 0.29) is 6.04 Å². The van der Waals surface area contributed by atoms with E-state index in [1.807, 2.05) is 18.2 Å². The lowest BCUT2D eigenvalue weighted by atomic mass is 9.91. The molecule has 18 heavy (non-hydrogen) atoms. The fourth-order valence-electron chi connectivity index (χ4n) is 2.46. The Morgan fingerprint density at radius 3 is 2.61 bits per heavy atom. The van der Waals surface area contributed by atoms with Crippen LogP contribution in [0, 0.1) is 0 Å². The van der Waals surface area contributed by atoms with E-state index in [9.17, 15) is 0 Å². The van der Waals surface area contributed by atoms with Crippen LogP contribution < -0.4 is 20.5 Å². The van der Waals surface area contributed by atoms with Crippen LogP contribution in [0.25, 0.3) is 0 Å². The molecule has 0 bridgehead atoms. The summed E-state index contributed by atoms with van der Waals surface area (Å²) in [5.74, 6) is 1.59. The fourth-order valence-corrected chi connectivity index (χ4v) is 2.46. The standard InChI is InChI=1S/C14H22N2O2/c1-17-10-7-8-13(14(9-10)18-2)16-12-6-4-3-5-11(12)15/h7-9,11-12,16H,3-6,15H2,1-2H3/t11-,12+/m1/s1. The van der Waals surface area contributed by atoms with E-state index in [1.165, 1.54) is 12.8 Å². The Kier molecular flexibility index (Phi) is 4.31. The first-order valence-electron chi connectivity index (χ1n) is 6.48. The SMILES string of the molecule is COc1ccc(N[C@H]2CCCC[C@H]2N)c(OC)c1. The number of ether oxygens (including phenoxy) is 2. The van der Waals surface area contributed by atoms with Gasteiger partial charge in [-0.15, -0.1) is 0 Å². The summed E-state index contributed by atoms with van der Waals surface area (Å²) in [7, 11) is 3.32. The van der Waals surface area contributed by atoms with Gasteiger partial charge in [-0.3, -0.25) is 0 Å². The second kappa shape index (κ2) is 5.96. The van der Waals surface area contributed by atoms with Crippen molar-refractivity contribution in [1.29, 1.82) is 0 Å². The molecule has 1 saturated carbocycles. The second-order valence-electron chi connectivity index (χ2n) is 4.77. The summed E-state index contributed by atoms with van der Waals surface area (Å²) in [6, 6.07) is 6.36. The van der Waals surface area contributed by atoms with Gasteiger partial charge in [0.1, 0.15) is 11.5 Å². The normalized spacial score (nSPS) is 23.5. The van der Waals surface area contributed by atoms with Crippen LogP contribution in [-0.4, -0.2) is 26.3 Å². The molecule has 0 heterocycles. The molecule has 0 spiro atoms. The monoisotopic (exact) mass is 250 g/mol. The highest BCUT2D eigenvalue weighted by atomic mass is 16.5. The maximum absolute atomic E-state index is 6.15. The topological polar surface area (TPSA) is 56.5 Å². The molecule has 4 heteroatoms. The lowest BCUT2D eigenvalue weighted by Crippen LogP contribution is -2.42. The van der Waals surface area contributed by atoms with Crippen LogP contribution in [0.5, 0.6) is 11.5 Å². The van der Waals surface area contributed by atoms with Gasteiger partial charge in [0.25, 0.3) is 0 Å². The first-order valence-corrected chi connectivity index (χ1v) is 6.48. The van der Waals surface area contributed by atoms with Crippen molar-refractivity contribution in [2.45, 2.75) is 37.8 Å². The van der Waals surface area contributed by atoms with E-state index in [0.29, 0.717) is 6.04 Å². The highest BCUT2D eigenvalue weighted by molar-refractivity contribution is 5.59. The van der Waals surface area contributed by atoms with Gasteiger partial charge < -0.3 is 20.5 Å². The molecule has 2 rings (SSSR count). The molecular formula is C14H22N2O2. The van der Waals surface area contributed by atoms with Crippen LogP contribution in [0.4, 0.5) is 5.69 Å². The fraction of sp³-hybridized carbons (Fsp3) is 0.571. The molecule has 0 radical (unpaired) electrons. The first-order chi connectivity index (χ1) is 8.74. The lowest BCUT2D eigenvalue weighted by Gasteiger charge is -2.30. The highest BCUT2D eigenvalue weighted by Gasteiger charge is 2.22. The third-order valence-electron chi connectivity index (χ3n) is 3.57. The van der Waals surface area contributed by atoms with Gasteiger partial charge in [0.05, 0.1) is 19.9 Å². The average molecular weight is 250 g/mol. The summed E-state index contributed by atoms with van der Waals surface area (Å²) in [5, 5.41) is 3.50. The number of benzene rings is 1. The van der Waals surface area contributed by atoms with Crippen molar-refractivity contribution < 1.29 is 9.47 Å². The Labute approximate surface area is 108 Å². The van der Waals surface area contributed by atoms with Crippen molar-refractivity contribution in [2.24, 2.45) is 5.73 Å². The van der Waals surface area contributed by atoms with Gasteiger partial charge in [-0.25, -0.2) is 0 Å². The molecule has 100 valence electrons. The van der Waals surface area contributed by atoms with E-state index >= 15 is 0 Å². The molecule has 1 fully saturated rings. The third kappa shape index (κ3) is 2.88. The number of anilines is 1. The number of nitrogens with two attached hydrogens (primary N) is 1. The molecule has 0 saturated heterocycles. The zero-order valence-electron chi connectivity index (χ0n) is 11.1. The summed E-state index contributed by atoms with van der Waals surface area (Å²) in [4.78, 5) is 0. The van der Waals surface area contributed by atoms with Crippen LogP contribution in [0.15, 0.2) is 18.2 Å². The quantitative estimate of drug-likeness (QED) is 0.861. The van der Waals surface area contributed by atoms with Crippen LogP contribution in [-0.2, 0) is 0 Å². The van der Waals surface area contributed by atoms with Gasteiger partial charge in [0.15, 0.2) is 0 Å². The summed E-state index contributed by atoms with van der Waals surface area (Å²) in [5.41, 5.74) is 7.13. The summed E-state index contributed by atoms with van der Waals surface area (Å²) in [6.45, 7) is 0. The van der Waals surface area contributed by atoms with E-state index in [2.05, 4.69) is 5.32 Å². The number of hydrogen-bond donors (Lipinski definition) is 2. The molecule has 3 N–H and O–H groups in total. The van der Waals surface area contributed by atoms with Gasteiger partial charge in [-0.1, -0.05) is 12.8 Å². The number of rotatable bonds is 4. The Morgan fingerprint density at radius 2 is 1.94 bits per heavy atom. The van der Waals surface area contributed by atoms with Crippen LogP contribution in [0.1, 0.15) is 25.7 Å². The maximum Gasteiger partial charge on any atom is 0.145 e. The largest absolute Gasteiger partial charge is 0.497 e. The van der Waals surface area contributed by atoms with E-state index in [1.54, 1.807) is 14.2 Å². The Hall–Kier alpha value is -1.42. The van der Waals surface area contributed by atoms with Gasteiger partial charge in [-0.05, 0) is 25.0 Å². The van der Waals surface area contributed by atoms with Gasteiger partial charge >= 0.3 is 0 Å². The van der Waals surface area contributed by atoms with Crippen LogP contribution in [0.3, 0.4) is 0 Å². The molecule has 1 aromatic rings. The minimum absolute atomic E-state index is 0.227. The van der Waals surface area contributed by atoms with E-state index < -0.39 is 0 Å². The molecule has 0 aromatic heterocycles. The second-order valence-corrected chi connectivity index (χ2v) is 4.77. The first kappa shape index (κ1) is 13.0. The van der Waals surface area contributed by atoms with Crippen molar-refractivity contribution >= 4 is 5.69 Å². The van der Waals surface area contributed by atoms with Crippen molar-refractivity contribution in [3.05, 3.63) is 18.2 Å². The van der Waals surface area contributed by atoms with Crippen molar-refractivity contribution in [3.8, 4) is 11.5 Å². The lowest BCUT2D eigenvalue weighted by molar-refractivity contribution is 0.388. The number of hydrogen-bond acceptors (Lipinski definition) is 4. The summed E-state index contributed by atoms with van der Waals surface area (Å²) < 4.78 is 10.6. The van der Waals surface area contributed by atoms with Gasteiger partial charge in [0.2, 0.25) is 0 Å². The molecule has 1 aliphatic carbocycles. The van der Waals surface area contributed by atoms with Crippen LogP contribution >= 0.6 is 0 Å². The van der Waals surface area contributed by atoms with Crippen molar-refractivity contribution in [3.63, 3.8) is 0 Å². The molecule has 0 aliphatic heterocycles. The Morgan fingerprint density at radius 1 is 1.17 bits per heavy atom. The van der Waals surface area contributed by atoms with E-state index in [0.717, 1.165) is 30.0 Å². The average Bonchev–Trinajstić information content (AvgIpc) is 2.41. The molecule has 1 aliphatic rings. The predicted molar refractivity (Wildman–Crippen MR) is 73.4 cm³/mol. The summed E-state index contributed by atoms with van der Waals surface area (Å²) in [6.07, 6.45) is 4.69.